The van der Waals surface area contributed by atoms with E-state index in [0.717, 1.165) is 42.6 Å². The average Bonchev–Trinajstić information content (AvgIpc) is 2.80. The fourth-order valence-corrected chi connectivity index (χ4v) is 4.18. The Kier molecular flexibility index (Phi) is 8.49. The quantitative estimate of drug-likeness (QED) is 0.383. The molecule has 1 fully saturated rings. The first-order valence-electron chi connectivity index (χ1n) is 11.1. The molecule has 1 saturated carbocycles. The predicted molar refractivity (Wildman–Crippen MR) is 117 cm³/mol. The second-order valence-corrected chi connectivity index (χ2v) is 7.96. The van der Waals surface area contributed by atoms with E-state index < -0.39 is 5.92 Å². The van der Waals surface area contributed by atoms with Crippen LogP contribution in [0.2, 0.25) is 0 Å². The Bertz CT molecular complexity index is 809. The molecule has 0 radical (unpaired) electrons. The van der Waals surface area contributed by atoms with Crippen molar-refractivity contribution in [1.82, 2.24) is 0 Å². The summed E-state index contributed by atoms with van der Waals surface area (Å²) in [6.07, 6.45) is 6.17. The Morgan fingerprint density at radius 3 is 2.40 bits per heavy atom. The SMILES string of the molecule is CCOC(=O)C(CCc1ccccc1OCc1ccccc1)C(=O)C1CCCCC1. The molecule has 0 spiro atoms. The highest BCUT2D eigenvalue weighted by molar-refractivity contribution is 6.00. The van der Waals surface area contributed by atoms with Crippen molar-refractivity contribution in [2.75, 3.05) is 6.61 Å². The van der Waals surface area contributed by atoms with Crippen molar-refractivity contribution < 1.29 is 19.1 Å². The molecule has 0 aliphatic heterocycles. The summed E-state index contributed by atoms with van der Waals surface area (Å²) in [5.41, 5.74) is 2.11. The number of carbonyl (C=O) groups is 2. The minimum atomic E-state index is -0.685. The lowest BCUT2D eigenvalue weighted by molar-refractivity contribution is -0.153. The zero-order valence-corrected chi connectivity index (χ0v) is 17.8. The van der Waals surface area contributed by atoms with Gasteiger partial charge in [-0.25, -0.2) is 0 Å². The van der Waals surface area contributed by atoms with Gasteiger partial charge in [0.2, 0.25) is 0 Å². The van der Waals surface area contributed by atoms with Crippen LogP contribution < -0.4 is 4.74 Å². The van der Waals surface area contributed by atoms with Gasteiger partial charge in [-0.3, -0.25) is 9.59 Å². The number of ether oxygens (including phenoxy) is 2. The van der Waals surface area contributed by atoms with E-state index in [0.29, 0.717) is 26.1 Å². The minimum absolute atomic E-state index is 0.00210. The molecule has 0 saturated heterocycles. The Hall–Kier alpha value is -2.62. The maximum Gasteiger partial charge on any atom is 0.316 e. The average molecular weight is 409 g/mol. The Balaban J connectivity index is 1.67. The first kappa shape index (κ1) is 22.1. The minimum Gasteiger partial charge on any atom is -0.489 e. The van der Waals surface area contributed by atoms with Crippen molar-refractivity contribution >= 4 is 11.8 Å². The highest BCUT2D eigenvalue weighted by Gasteiger charge is 2.33. The van der Waals surface area contributed by atoms with Gasteiger partial charge in [0.15, 0.2) is 0 Å². The summed E-state index contributed by atoms with van der Waals surface area (Å²) in [5, 5.41) is 0. The highest BCUT2D eigenvalue weighted by Crippen LogP contribution is 2.30. The number of ketones is 1. The number of carbonyl (C=O) groups excluding carboxylic acids is 2. The van der Waals surface area contributed by atoms with Crippen LogP contribution in [-0.2, 0) is 27.4 Å². The third-order valence-electron chi connectivity index (χ3n) is 5.83. The van der Waals surface area contributed by atoms with Crippen molar-refractivity contribution in [2.24, 2.45) is 11.8 Å². The number of hydrogen-bond donors (Lipinski definition) is 0. The van der Waals surface area contributed by atoms with Crippen LogP contribution >= 0.6 is 0 Å². The topological polar surface area (TPSA) is 52.6 Å². The number of benzene rings is 2. The summed E-state index contributed by atoms with van der Waals surface area (Å²) in [5.74, 6) is -0.200. The third-order valence-corrected chi connectivity index (χ3v) is 5.83. The Morgan fingerprint density at radius 1 is 0.967 bits per heavy atom. The van der Waals surface area contributed by atoms with E-state index in [1.807, 2.05) is 54.6 Å². The van der Waals surface area contributed by atoms with Crippen molar-refractivity contribution in [3.63, 3.8) is 0 Å². The molecule has 4 nitrogen and oxygen atoms in total. The summed E-state index contributed by atoms with van der Waals surface area (Å²) >= 11 is 0. The fraction of sp³-hybridized carbons (Fsp3) is 0.462. The van der Waals surface area contributed by atoms with E-state index in [1.165, 1.54) is 6.42 Å². The van der Waals surface area contributed by atoms with Gasteiger partial charge in [0, 0.05) is 5.92 Å². The van der Waals surface area contributed by atoms with Gasteiger partial charge in [0.25, 0.3) is 0 Å². The van der Waals surface area contributed by atoms with Crippen LogP contribution in [0.1, 0.15) is 56.6 Å². The molecule has 3 rings (SSSR count). The number of rotatable bonds is 10. The maximum absolute atomic E-state index is 13.1. The smallest absolute Gasteiger partial charge is 0.316 e. The lowest BCUT2D eigenvalue weighted by Crippen LogP contribution is -2.33. The third kappa shape index (κ3) is 6.19. The van der Waals surface area contributed by atoms with E-state index in [-0.39, 0.29) is 17.7 Å². The Labute approximate surface area is 179 Å². The molecule has 1 atom stereocenters. The van der Waals surface area contributed by atoms with Crippen molar-refractivity contribution in [1.29, 1.82) is 0 Å². The van der Waals surface area contributed by atoms with Crippen LogP contribution in [0.15, 0.2) is 54.6 Å². The van der Waals surface area contributed by atoms with E-state index >= 15 is 0 Å². The standard InChI is InChI=1S/C26H32O4/c1-2-29-26(28)23(25(27)22-14-7-4-8-15-22)18-17-21-13-9-10-16-24(21)30-19-20-11-5-3-6-12-20/h3,5-6,9-13,16,22-23H,2,4,7-8,14-15,17-19H2,1H3. The number of aryl methyl sites for hydroxylation is 1. The van der Waals surface area contributed by atoms with Gasteiger partial charge in [-0.05, 0) is 49.8 Å². The zero-order chi connectivity index (χ0) is 21.2. The molecule has 0 heterocycles. The molecule has 0 bridgehead atoms. The summed E-state index contributed by atoms with van der Waals surface area (Å²) in [4.78, 5) is 25.7. The second-order valence-electron chi connectivity index (χ2n) is 7.96. The molecule has 30 heavy (non-hydrogen) atoms. The molecule has 0 aromatic heterocycles. The van der Waals surface area contributed by atoms with Crippen molar-refractivity contribution in [3.8, 4) is 5.75 Å². The normalized spacial score (nSPS) is 15.4. The fourth-order valence-electron chi connectivity index (χ4n) is 4.18. The van der Waals surface area contributed by atoms with Crippen LogP contribution in [0.5, 0.6) is 5.75 Å². The van der Waals surface area contributed by atoms with Gasteiger partial charge in [-0.15, -0.1) is 0 Å². The highest BCUT2D eigenvalue weighted by atomic mass is 16.5. The van der Waals surface area contributed by atoms with Crippen LogP contribution in [-0.4, -0.2) is 18.4 Å². The number of hydrogen-bond acceptors (Lipinski definition) is 4. The second kappa shape index (κ2) is 11.5. The van der Waals surface area contributed by atoms with Crippen LogP contribution in [0.25, 0.3) is 0 Å². The molecule has 2 aromatic rings. The molecule has 4 heteroatoms. The van der Waals surface area contributed by atoms with Crippen molar-refractivity contribution in [2.45, 2.75) is 58.5 Å². The number of para-hydroxylation sites is 1. The molecule has 1 aliphatic rings. The van der Waals surface area contributed by atoms with Gasteiger partial charge in [-0.1, -0.05) is 67.8 Å². The van der Waals surface area contributed by atoms with E-state index in [1.54, 1.807) is 6.92 Å². The number of esters is 1. The van der Waals surface area contributed by atoms with Gasteiger partial charge in [-0.2, -0.15) is 0 Å². The first-order valence-corrected chi connectivity index (χ1v) is 11.1. The lowest BCUT2D eigenvalue weighted by atomic mass is 9.80. The van der Waals surface area contributed by atoms with Crippen LogP contribution in [0, 0.1) is 11.8 Å². The maximum atomic E-state index is 13.1. The lowest BCUT2D eigenvalue weighted by Gasteiger charge is -2.24. The Morgan fingerprint density at radius 2 is 1.67 bits per heavy atom. The molecule has 0 N–H and O–H groups in total. The largest absolute Gasteiger partial charge is 0.489 e. The molecule has 160 valence electrons. The molecule has 0 amide bonds. The summed E-state index contributed by atoms with van der Waals surface area (Å²) < 4.78 is 11.3. The molecular weight excluding hydrogens is 376 g/mol. The summed E-state index contributed by atoms with van der Waals surface area (Å²) in [6, 6.07) is 17.9. The van der Waals surface area contributed by atoms with Crippen LogP contribution in [0.4, 0.5) is 0 Å². The summed E-state index contributed by atoms with van der Waals surface area (Å²) in [7, 11) is 0. The van der Waals surface area contributed by atoms with E-state index in [9.17, 15) is 9.59 Å². The summed E-state index contributed by atoms with van der Waals surface area (Å²) in [6.45, 7) is 2.57. The van der Waals surface area contributed by atoms with Gasteiger partial charge in [0.05, 0.1) is 6.61 Å². The molecule has 1 unspecified atom stereocenters. The molecule has 1 aliphatic carbocycles. The van der Waals surface area contributed by atoms with Crippen LogP contribution in [0.3, 0.4) is 0 Å². The molecular formula is C26H32O4. The number of Topliss-reactive ketones (excluding diaryl/α,β-unsaturated/α-hetero) is 1. The van der Waals surface area contributed by atoms with E-state index in [2.05, 4.69) is 0 Å². The van der Waals surface area contributed by atoms with Gasteiger partial charge >= 0.3 is 5.97 Å². The van der Waals surface area contributed by atoms with Gasteiger partial charge < -0.3 is 9.47 Å². The first-order chi connectivity index (χ1) is 14.7. The monoisotopic (exact) mass is 408 g/mol. The molecule has 2 aromatic carbocycles. The zero-order valence-electron chi connectivity index (χ0n) is 17.8. The van der Waals surface area contributed by atoms with E-state index in [4.69, 9.17) is 9.47 Å². The van der Waals surface area contributed by atoms with Gasteiger partial charge in [0.1, 0.15) is 24.1 Å². The van der Waals surface area contributed by atoms with Crippen molar-refractivity contribution in [3.05, 3.63) is 65.7 Å². The predicted octanol–water partition coefficient (Wildman–Crippen LogP) is 5.53.